The summed E-state index contributed by atoms with van der Waals surface area (Å²) in [5.41, 5.74) is 2.59. The molecule has 0 aliphatic heterocycles. The van der Waals surface area contributed by atoms with Crippen molar-refractivity contribution >= 4 is 15.9 Å². The van der Waals surface area contributed by atoms with Gasteiger partial charge in [-0.2, -0.15) is 5.10 Å². The van der Waals surface area contributed by atoms with Gasteiger partial charge < -0.3 is 9.52 Å². The van der Waals surface area contributed by atoms with Crippen molar-refractivity contribution in [3.05, 3.63) is 39.0 Å². The SMILES string of the molecule is Cc1oc(C)c(C(O)c2c(Br)cnn2C(C)C)c1C. The Kier molecular flexibility index (Phi) is 3.87. The zero-order valence-corrected chi connectivity index (χ0v) is 13.4. The molecular formula is C14H19BrN2O2. The molecule has 4 nitrogen and oxygen atoms in total. The van der Waals surface area contributed by atoms with E-state index in [9.17, 15) is 5.11 Å². The van der Waals surface area contributed by atoms with Crippen LogP contribution in [0.1, 0.15) is 54.3 Å². The van der Waals surface area contributed by atoms with E-state index in [1.807, 2.05) is 39.3 Å². The third-order valence-electron chi connectivity index (χ3n) is 3.43. The zero-order chi connectivity index (χ0) is 14.3. The first kappa shape index (κ1) is 14.3. The maximum Gasteiger partial charge on any atom is 0.125 e. The maximum atomic E-state index is 10.7. The monoisotopic (exact) mass is 326 g/mol. The van der Waals surface area contributed by atoms with Crippen LogP contribution in [0.2, 0.25) is 0 Å². The van der Waals surface area contributed by atoms with E-state index in [2.05, 4.69) is 21.0 Å². The molecule has 2 rings (SSSR count). The molecule has 0 saturated carbocycles. The van der Waals surface area contributed by atoms with Gasteiger partial charge in [-0.3, -0.25) is 4.68 Å². The van der Waals surface area contributed by atoms with Gasteiger partial charge in [0.2, 0.25) is 0 Å². The molecule has 0 radical (unpaired) electrons. The van der Waals surface area contributed by atoms with Crippen LogP contribution in [0.4, 0.5) is 0 Å². The number of aliphatic hydroxyl groups excluding tert-OH is 1. The van der Waals surface area contributed by atoms with Crippen molar-refractivity contribution in [2.24, 2.45) is 0 Å². The number of aryl methyl sites for hydroxylation is 2. The number of halogens is 1. The number of aliphatic hydroxyl groups is 1. The van der Waals surface area contributed by atoms with Gasteiger partial charge in [-0.1, -0.05) is 0 Å². The third kappa shape index (κ3) is 2.37. The quantitative estimate of drug-likeness (QED) is 0.932. The Balaban J connectivity index is 2.56. The van der Waals surface area contributed by atoms with Crippen LogP contribution in [0.25, 0.3) is 0 Å². The van der Waals surface area contributed by atoms with E-state index in [1.165, 1.54) is 0 Å². The molecule has 19 heavy (non-hydrogen) atoms. The zero-order valence-electron chi connectivity index (χ0n) is 11.9. The van der Waals surface area contributed by atoms with Gasteiger partial charge in [0.15, 0.2) is 0 Å². The van der Waals surface area contributed by atoms with Crippen LogP contribution >= 0.6 is 15.9 Å². The first-order valence-electron chi connectivity index (χ1n) is 6.32. The van der Waals surface area contributed by atoms with E-state index in [1.54, 1.807) is 6.20 Å². The lowest BCUT2D eigenvalue weighted by molar-refractivity contribution is 0.201. The number of hydrogen-bond donors (Lipinski definition) is 1. The Morgan fingerprint density at radius 3 is 2.37 bits per heavy atom. The minimum absolute atomic E-state index is 0.185. The Labute approximate surface area is 121 Å². The maximum absolute atomic E-state index is 10.7. The van der Waals surface area contributed by atoms with E-state index in [0.717, 1.165) is 32.8 Å². The highest BCUT2D eigenvalue weighted by Gasteiger charge is 2.26. The standard InChI is InChI=1S/C14H19BrN2O2/c1-7(2)17-13(11(15)6-16-17)14(18)12-8(3)9(4)19-10(12)5/h6-7,14,18H,1-5H3. The average molecular weight is 327 g/mol. The molecule has 0 aliphatic carbocycles. The van der Waals surface area contributed by atoms with E-state index in [-0.39, 0.29) is 6.04 Å². The molecule has 2 aromatic rings. The molecule has 1 atom stereocenters. The average Bonchev–Trinajstić information content (AvgIpc) is 2.81. The summed E-state index contributed by atoms with van der Waals surface area (Å²) in [5, 5.41) is 15.0. The Morgan fingerprint density at radius 1 is 1.26 bits per heavy atom. The highest BCUT2D eigenvalue weighted by molar-refractivity contribution is 9.10. The van der Waals surface area contributed by atoms with Gasteiger partial charge in [0.25, 0.3) is 0 Å². The van der Waals surface area contributed by atoms with E-state index >= 15 is 0 Å². The Bertz CT molecular complexity index is 599. The summed E-state index contributed by atoms with van der Waals surface area (Å²) >= 11 is 3.47. The molecule has 2 heterocycles. The Morgan fingerprint density at radius 2 is 1.89 bits per heavy atom. The molecule has 0 saturated heterocycles. The summed E-state index contributed by atoms with van der Waals surface area (Å²) in [6, 6.07) is 0.185. The molecule has 0 spiro atoms. The molecule has 5 heteroatoms. The molecule has 1 N–H and O–H groups in total. The van der Waals surface area contributed by atoms with Gasteiger partial charge in [-0.05, 0) is 56.1 Å². The van der Waals surface area contributed by atoms with Crippen LogP contribution in [-0.2, 0) is 0 Å². The summed E-state index contributed by atoms with van der Waals surface area (Å²) in [7, 11) is 0. The minimum atomic E-state index is -0.739. The predicted molar refractivity (Wildman–Crippen MR) is 77.3 cm³/mol. The van der Waals surface area contributed by atoms with Crippen LogP contribution in [0.3, 0.4) is 0 Å². The number of aromatic nitrogens is 2. The third-order valence-corrected chi connectivity index (χ3v) is 4.04. The van der Waals surface area contributed by atoms with Crippen molar-refractivity contribution in [1.29, 1.82) is 0 Å². The van der Waals surface area contributed by atoms with Crippen molar-refractivity contribution in [3.8, 4) is 0 Å². The first-order chi connectivity index (χ1) is 8.84. The molecular weight excluding hydrogens is 308 g/mol. The lowest BCUT2D eigenvalue weighted by Gasteiger charge is -2.17. The van der Waals surface area contributed by atoms with Gasteiger partial charge in [-0.15, -0.1) is 0 Å². The Hall–Kier alpha value is -1.07. The first-order valence-corrected chi connectivity index (χ1v) is 7.11. The van der Waals surface area contributed by atoms with Crippen LogP contribution in [-0.4, -0.2) is 14.9 Å². The molecule has 2 aromatic heterocycles. The number of hydrogen-bond acceptors (Lipinski definition) is 3. The van der Waals surface area contributed by atoms with Crippen LogP contribution in [0, 0.1) is 20.8 Å². The van der Waals surface area contributed by atoms with Crippen LogP contribution in [0.5, 0.6) is 0 Å². The summed E-state index contributed by atoms with van der Waals surface area (Å²) in [6.45, 7) is 9.83. The summed E-state index contributed by atoms with van der Waals surface area (Å²) in [6.07, 6.45) is 0.979. The van der Waals surface area contributed by atoms with Gasteiger partial charge >= 0.3 is 0 Å². The van der Waals surface area contributed by atoms with Gasteiger partial charge in [0.05, 0.1) is 16.4 Å². The van der Waals surface area contributed by atoms with Gasteiger partial charge in [0, 0.05) is 11.6 Å². The lowest BCUT2D eigenvalue weighted by Crippen LogP contribution is -2.13. The van der Waals surface area contributed by atoms with Crippen molar-refractivity contribution < 1.29 is 9.52 Å². The van der Waals surface area contributed by atoms with Crippen molar-refractivity contribution in [1.82, 2.24) is 9.78 Å². The number of nitrogens with zero attached hydrogens (tertiary/aromatic N) is 2. The summed E-state index contributed by atoms with van der Waals surface area (Å²) in [4.78, 5) is 0. The fourth-order valence-electron chi connectivity index (χ4n) is 2.37. The lowest BCUT2D eigenvalue weighted by atomic mass is 10.0. The fourth-order valence-corrected chi connectivity index (χ4v) is 2.86. The van der Waals surface area contributed by atoms with Crippen LogP contribution in [0.15, 0.2) is 15.1 Å². The number of rotatable bonds is 3. The molecule has 0 amide bonds. The topological polar surface area (TPSA) is 51.2 Å². The van der Waals surface area contributed by atoms with E-state index in [0.29, 0.717) is 0 Å². The molecule has 0 bridgehead atoms. The smallest absolute Gasteiger partial charge is 0.125 e. The van der Waals surface area contributed by atoms with E-state index < -0.39 is 6.10 Å². The van der Waals surface area contributed by atoms with E-state index in [4.69, 9.17) is 4.42 Å². The predicted octanol–water partition coefficient (Wildman–Crippen LogP) is 3.83. The number of furan rings is 1. The van der Waals surface area contributed by atoms with Crippen molar-refractivity contribution in [3.63, 3.8) is 0 Å². The second-order valence-corrected chi connectivity index (χ2v) is 5.93. The largest absolute Gasteiger partial charge is 0.466 e. The molecule has 0 fully saturated rings. The highest BCUT2D eigenvalue weighted by Crippen LogP contribution is 2.35. The normalized spacial score (nSPS) is 13.3. The van der Waals surface area contributed by atoms with Crippen LogP contribution < -0.4 is 0 Å². The van der Waals surface area contributed by atoms with Gasteiger partial charge in [-0.25, -0.2) is 0 Å². The molecule has 104 valence electrons. The molecule has 1 unspecified atom stereocenters. The summed E-state index contributed by atoms with van der Waals surface area (Å²) in [5.74, 6) is 1.60. The van der Waals surface area contributed by atoms with Gasteiger partial charge in [0.1, 0.15) is 17.6 Å². The fraction of sp³-hybridized carbons (Fsp3) is 0.500. The highest BCUT2D eigenvalue weighted by atomic mass is 79.9. The van der Waals surface area contributed by atoms with Crippen molar-refractivity contribution in [2.75, 3.05) is 0 Å². The van der Waals surface area contributed by atoms with Crippen molar-refractivity contribution in [2.45, 2.75) is 46.8 Å². The minimum Gasteiger partial charge on any atom is -0.466 e. The summed E-state index contributed by atoms with van der Waals surface area (Å²) < 4.78 is 8.24. The second kappa shape index (κ2) is 5.13. The molecule has 0 aliphatic rings. The molecule has 0 aromatic carbocycles. The second-order valence-electron chi connectivity index (χ2n) is 5.07.